The third-order valence-corrected chi connectivity index (χ3v) is 6.57. The molecule has 3 aromatic heterocycles. The van der Waals surface area contributed by atoms with Gasteiger partial charge in [-0.05, 0) is 37.8 Å². The molecule has 9 heteroatoms. The lowest BCUT2D eigenvalue weighted by atomic mass is 9.96. The van der Waals surface area contributed by atoms with Crippen LogP contribution in [0.15, 0.2) is 42.9 Å². The zero-order chi connectivity index (χ0) is 22.7. The molecule has 6 rings (SSSR count). The highest BCUT2D eigenvalue weighted by molar-refractivity contribution is 5.61. The lowest BCUT2D eigenvalue weighted by molar-refractivity contribution is 0.0839. The van der Waals surface area contributed by atoms with E-state index in [1.165, 1.54) is 12.8 Å². The quantitative estimate of drug-likeness (QED) is 0.557. The molecule has 2 aliphatic heterocycles. The Kier molecular flexibility index (Phi) is 6.03. The van der Waals surface area contributed by atoms with Crippen LogP contribution in [0.3, 0.4) is 0 Å². The molecular formula is C25H30N6O3. The molecule has 3 aromatic rings. The number of nitrogens with one attached hydrogen (secondary N) is 1. The predicted octanol–water partition coefficient (Wildman–Crippen LogP) is 4.27. The van der Waals surface area contributed by atoms with Gasteiger partial charge in [-0.15, -0.1) is 0 Å². The summed E-state index contributed by atoms with van der Waals surface area (Å²) in [6.07, 6.45) is 9.99. The van der Waals surface area contributed by atoms with Gasteiger partial charge in [0.05, 0.1) is 25.5 Å². The summed E-state index contributed by atoms with van der Waals surface area (Å²) in [5, 5.41) is 8.32. The summed E-state index contributed by atoms with van der Waals surface area (Å²) in [7, 11) is 0. The van der Waals surface area contributed by atoms with Gasteiger partial charge in [0, 0.05) is 62.4 Å². The van der Waals surface area contributed by atoms with Crippen molar-refractivity contribution in [2.24, 2.45) is 0 Å². The molecule has 0 radical (unpaired) electrons. The summed E-state index contributed by atoms with van der Waals surface area (Å²) < 4.78 is 19.5. The predicted molar refractivity (Wildman–Crippen MR) is 128 cm³/mol. The normalized spacial score (nSPS) is 19.2. The molecule has 0 unspecified atom stereocenters. The van der Waals surface area contributed by atoms with Gasteiger partial charge in [0.2, 0.25) is 0 Å². The average molecular weight is 463 g/mol. The fraction of sp³-hybridized carbons (Fsp3) is 0.480. The van der Waals surface area contributed by atoms with E-state index in [0.717, 1.165) is 86.9 Å². The summed E-state index contributed by atoms with van der Waals surface area (Å²) in [6.45, 7) is 4.72. The van der Waals surface area contributed by atoms with Crippen LogP contribution in [0.5, 0.6) is 11.5 Å². The van der Waals surface area contributed by atoms with Crippen LogP contribution in [0.1, 0.15) is 43.3 Å². The Balaban J connectivity index is 1.19. The van der Waals surface area contributed by atoms with Crippen LogP contribution < -0.4 is 15.0 Å². The van der Waals surface area contributed by atoms with Crippen LogP contribution in [0.2, 0.25) is 0 Å². The molecule has 0 amide bonds. The Labute approximate surface area is 199 Å². The maximum absolute atomic E-state index is 6.38. The first-order valence-corrected chi connectivity index (χ1v) is 12.2. The van der Waals surface area contributed by atoms with Crippen molar-refractivity contribution in [2.75, 3.05) is 49.7 Å². The summed E-state index contributed by atoms with van der Waals surface area (Å²) in [4.78, 5) is 11.2. The van der Waals surface area contributed by atoms with Crippen molar-refractivity contribution in [1.82, 2.24) is 19.7 Å². The summed E-state index contributed by atoms with van der Waals surface area (Å²) >= 11 is 0. The monoisotopic (exact) mass is 462 g/mol. The first kappa shape index (κ1) is 21.4. The molecule has 178 valence electrons. The van der Waals surface area contributed by atoms with Gasteiger partial charge in [-0.2, -0.15) is 5.10 Å². The molecule has 1 N–H and O–H groups in total. The third kappa shape index (κ3) is 4.85. The Hall–Kier alpha value is -3.17. The second kappa shape index (κ2) is 9.60. The van der Waals surface area contributed by atoms with Gasteiger partial charge in [0.1, 0.15) is 23.1 Å². The molecular weight excluding hydrogens is 432 g/mol. The molecule has 34 heavy (non-hydrogen) atoms. The number of ether oxygens (including phenoxy) is 3. The van der Waals surface area contributed by atoms with Crippen LogP contribution in [-0.2, 0) is 9.47 Å². The van der Waals surface area contributed by atoms with E-state index in [4.69, 9.17) is 19.3 Å². The molecule has 2 saturated heterocycles. The molecule has 9 nitrogen and oxygen atoms in total. The van der Waals surface area contributed by atoms with Crippen molar-refractivity contribution in [3.8, 4) is 11.5 Å². The lowest BCUT2D eigenvalue weighted by Crippen LogP contribution is -2.36. The first-order valence-electron chi connectivity index (χ1n) is 12.2. The average Bonchev–Trinajstić information content (AvgIpc) is 3.66. The van der Waals surface area contributed by atoms with Crippen LogP contribution in [0.25, 0.3) is 0 Å². The largest absolute Gasteiger partial charge is 0.454 e. The summed E-state index contributed by atoms with van der Waals surface area (Å²) in [5.74, 6) is 3.62. The van der Waals surface area contributed by atoms with E-state index >= 15 is 0 Å². The van der Waals surface area contributed by atoms with E-state index in [2.05, 4.69) is 31.1 Å². The van der Waals surface area contributed by atoms with Gasteiger partial charge in [0.25, 0.3) is 0 Å². The van der Waals surface area contributed by atoms with Gasteiger partial charge in [-0.3, -0.25) is 4.68 Å². The SMILES string of the molecule is c1cc(Oc2cn(C3CC3)nc2C2CCOCC2)cc(Nc2ccnc(N3CCOCC3)c2)n1. The van der Waals surface area contributed by atoms with Gasteiger partial charge >= 0.3 is 0 Å². The van der Waals surface area contributed by atoms with E-state index in [0.29, 0.717) is 12.0 Å². The third-order valence-electron chi connectivity index (χ3n) is 6.57. The summed E-state index contributed by atoms with van der Waals surface area (Å²) in [6, 6.07) is 8.32. The van der Waals surface area contributed by atoms with Gasteiger partial charge in [0.15, 0.2) is 5.75 Å². The smallest absolute Gasteiger partial charge is 0.168 e. The second-order valence-electron chi connectivity index (χ2n) is 9.08. The lowest BCUT2D eigenvalue weighted by Gasteiger charge is -2.28. The zero-order valence-corrected chi connectivity index (χ0v) is 19.2. The topological polar surface area (TPSA) is 86.6 Å². The van der Waals surface area contributed by atoms with Crippen LogP contribution in [-0.4, -0.2) is 59.3 Å². The van der Waals surface area contributed by atoms with Gasteiger partial charge in [-0.25, -0.2) is 9.97 Å². The van der Waals surface area contributed by atoms with E-state index in [1.54, 1.807) is 6.20 Å². The van der Waals surface area contributed by atoms with Gasteiger partial charge in [-0.1, -0.05) is 0 Å². The summed E-state index contributed by atoms with van der Waals surface area (Å²) in [5.41, 5.74) is 1.98. The van der Waals surface area contributed by atoms with Gasteiger partial charge < -0.3 is 24.4 Å². The Morgan fingerprint density at radius 2 is 1.71 bits per heavy atom. The Morgan fingerprint density at radius 3 is 2.53 bits per heavy atom. The molecule has 1 aliphatic carbocycles. The minimum atomic E-state index is 0.374. The molecule has 0 atom stereocenters. The maximum Gasteiger partial charge on any atom is 0.168 e. The molecule has 3 aliphatic rings. The highest BCUT2D eigenvalue weighted by Gasteiger charge is 2.29. The molecule has 5 heterocycles. The first-order chi connectivity index (χ1) is 16.8. The second-order valence-corrected chi connectivity index (χ2v) is 9.08. The molecule has 0 aromatic carbocycles. The molecule has 0 bridgehead atoms. The minimum Gasteiger partial charge on any atom is -0.454 e. The zero-order valence-electron chi connectivity index (χ0n) is 19.2. The highest BCUT2D eigenvalue weighted by Crippen LogP contribution is 2.40. The number of hydrogen-bond acceptors (Lipinski definition) is 8. The van der Waals surface area contributed by atoms with Crippen LogP contribution in [0, 0.1) is 0 Å². The molecule has 0 spiro atoms. The van der Waals surface area contributed by atoms with Crippen molar-refractivity contribution in [3.05, 3.63) is 48.5 Å². The minimum absolute atomic E-state index is 0.374. The Morgan fingerprint density at radius 1 is 0.912 bits per heavy atom. The fourth-order valence-corrected chi connectivity index (χ4v) is 4.53. The van der Waals surface area contributed by atoms with E-state index in [1.807, 2.05) is 30.5 Å². The van der Waals surface area contributed by atoms with Crippen molar-refractivity contribution in [1.29, 1.82) is 0 Å². The van der Waals surface area contributed by atoms with E-state index in [-0.39, 0.29) is 0 Å². The number of rotatable bonds is 7. The number of pyridine rings is 2. The van der Waals surface area contributed by atoms with Crippen molar-refractivity contribution in [2.45, 2.75) is 37.6 Å². The molecule has 3 fully saturated rings. The number of nitrogens with zero attached hydrogens (tertiary/aromatic N) is 5. The van der Waals surface area contributed by atoms with E-state index < -0.39 is 0 Å². The fourth-order valence-electron chi connectivity index (χ4n) is 4.53. The maximum atomic E-state index is 6.38. The number of aromatic nitrogens is 4. The number of hydrogen-bond donors (Lipinski definition) is 1. The highest BCUT2D eigenvalue weighted by atomic mass is 16.5. The Bertz CT molecular complexity index is 1120. The van der Waals surface area contributed by atoms with Crippen molar-refractivity contribution in [3.63, 3.8) is 0 Å². The standard InChI is InChI=1S/C25H30N6O3/c1-2-20(1)31-17-22(25(29-31)18-5-11-32-12-6-18)34-21-4-8-26-23(16-21)28-19-3-7-27-24(15-19)30-9-13-33-14-10-30/h3-4,7-8,15-18,20H,1-2,5-6,9-14H2,(H,26,27,28). The molecule has 1 saturated carbocycles. The van der Waals surface area contributed by atoms with E-state index in [9.17, 15) is 0 Å². The van der Waals surface area contributed by atoms with Crippen LogP contribution in [0.4, 0.5) is 17.3 Å². The number of morpholine rings is 1. The van der Waals surface area contributed by atoms with Crippen LogP contribution >= 0.6 is 0 Å². The van der Waals surface area contributed by atoms with Crippen molar-refractivity contribution >= 4 is 17.3 Å². The number of anilines is 3. The van der Waals surface area contributed by atoms with Crippen molar-refractivity contribution < 1.29 is 14.2 Å².